The number of likely N-dealkylation sites (tertiary alicyclic amines) is 1. The molecule has 1 saturated heterocycles. The van der Waals surface area contributed by atoms with Crippen LogP contribution < -0.4 is 5.32 Å². The Morgan fingerprint density at radius 3 is 2.28 bits per heavy atom. The Balaban J connectivity index is 1.89. The van der Waals surface area contributed by atoms with E-state index in [0.717, 1.165) is 32.5 Å². The van der Waals surface area contributed by atoms with Gasteiger partial charge in [-0.15, -0.1) is 0 Å². The molecule has 1 aliphatic rings. The first-order valence-electron chi connectivity index (χ1n) is 9.37. The fraction of sp³-hybridized carbons (Fsp3) is 0.600. The molecule has 2 amide bonds. The van der Waals surface area contributed by atoms with Gasteiger partial charge in [0.05, 0.1) is 0 Å². The van der Waals surface area contributed by atoms with E-state index in [1.54, 1.807) is 6.92 Å². The molecule has 1 fully saturated rings. The summed E-state index contributed by atoms with van der Waals surface area (Å²) in [5.41, 5.74) is 2.46. The standard InChI is InChI=1S/C20H31N3O2/c1-4-22(5-2)15-19-9-7-6-8-18(19)14-21-20(25)17-10-12-23(13-11-17)16(3)24/h6-9,17H,4-5,10-15H2,1-3H3,(H,21,25). The number of nitrogens with zero attached hydrogens (tertiary/aromatic N) is 2. The Hall–Kier alpha value is -1.88. The minimum atomic E-state index is 0.0190. The zero-order chi connectivity index (χ0) is 18.2. The number of nitrogens with one attached hydrogen (secondary N) is 1. The monoisotopic (exact) mass is 345 g/mol. The molecule has 0 aliphatic carbocycles. The molecule has 1 N–H and O–H groups in total. The van der Waals surface area contributed by atoms with Crippen LogP contribution in [0.2, 0.25) is 0 Å². The maximum atomic E-state index is 12.5. The lowest BCUT2D eigenvalue weighted by Crippen LogP contribution is -2.42. The summed E-state index contributed by atoms with van der Waals surface area (Å²) >= 11 is 0. The van der Waals surface area contributed by atoms with Gasteiger partial charge in [0.25, 0.3) is 0 Å². The number of amides is 2. The molecule has 0 radical (unpaired) electrons. The molecule has 1 aromatic carbocycles. The largest absolute Gasteiger partial charge is 0.352 e. The second kappa shape index (κ2) is 9.56. The Morgan fingerprint density at radius 2 is 1.72 bits per heavy atom. The zero-order valence-electron chi connectivity index (χ0n) is 15.8. The van der Waals surface area contributed by atoms with Crippen LogP contribution >= 0.6 is 0 Å². The predicted molar refractivity (Wildman–Crippen MR) is 99.9 cm³/mol. The lowest BCUT2D eigenvalue weighted by atomic mass is 9.95. The summed E-state index contributed by atoms with van der Waals surface area (Å²) in [4.78, 5) is 28.0. The molecule has 0 atom stereocenters. The van der Waals surface area contributed by atoms with E-state index in [1.165, 1.54) is 11.1 Å². The Labute approximate surface area is 151 Å². The van der Waals surface area contributed by atoms with Crippen LogP contribution in [-0.4, -0.2) is 47.8 Å². The van der Waals surface area contributed by atoms with Crippen LogP contribution in [0.3, 0.4) is 0 Å². The quantitative estimate of drug-likeness (QED) is 0.826. The van der Waals surface area contributed by atoms with Crippen LogP contribution in [0.15, 0.2) is 24.3 Å². The first kappa shape index (κ1) is 19.4. The highest BCUT2D eigenvalue weighted by molar-refractivity contribution is 5.79. The van der Waals surface area contributed by atoms with E-state index in [9.17, 15) is 9.59 Å². The average molecular weight is 345 g/mol. The molecule has 0 spiro atoms. The van der Waals surface area contributed by atoms with Crippen molar-refractivity contribution >= 4 is 11.8 Å². The predicted octanol–water partition coefficient (Wildman–Crippen LogP) is 2.40. The van der Waals surface area contributed by atoms with Crippen LogP contribution in [0.1, 0.15) is 44.7 Å². The Kier molecular flexibility index (Phi) is 7.44. The molecule has 1 heterocycles. The fourth-order valence-electron chi connectivity index (χ4n) is 3.36. The van der Waals surface area contributed by atoms with Crippen molar-refractivity contribution in [2.24, 2.45) is 5.92 Å². The van der Waals surface area contributed by atoms with Crippen molar-refractivity contribution in [2.75, 3.05) is 26.2 Å². The van der Waals surface area contributed by atoms with Gasteiger partial charge in [0.15, 0.2) is 0 Å². The van der Waals surface area contributed by atoms with Crippen LogP contribution in [-0.2, 0) is 22.7 Å². The number of piperidine rings is 1. The van der Waals surface area contributed by atoms with Gasteiger partial charge in [-0.2, -0.15) is 0 Å². The number of hydrogen-bond acceptors (Lipinski definition) is 3. The van der Waals surface area contributed by atoms with Crippen molar-refractivity contribution in [1.29, 1.82) is 0 Å². The summed E-state index contributed by atoms with van der Waals surface area (Å²) in [6.07, 6.45) is 1.51. The summed E-state index contributed by atoms with van der Waals surface area (Å²) < 4.78 is 0. The summed E-state index contributed by atoms with van der Waals surface area (Å²) in [6.45, 7) is 10.8. The third-order valence-electron chi connectivity index (χ3n) is 5.17. The molecular weight excluding hydrogens is 314 g/mol. The maximum absolute atomic E-state index is 12.5. The van der Waals surface area contributed by atoms with Gasteiger partial charge in [0.1, 0.15) is 0 Å². The lowest BCUT2D eigenvalue weighted by molar-refractivity contribution is -0.134. The third-order valence-corrected chi connectivity index (χ3v) is 5.17. The van der Waals surface area contributed by atoms with Gasteiger partial charge < -0.3 is 10.2 Å². The summed E-state index contributed by atoms with van der Waals surface area (Å²) in [7, 11) is 0. The summed E-state index contributed by atoms with van der Waals surface area (Å²) in [6, 6.07) is 8.32. The topological polar surface area (TPSA) is 52.7 Å². The van der Waals surface area contributed by atoms with Gasteiger partial charge in [-0.3, -0.25) is 14.5 Å². The smallest absolute Gasteiger partial charge is 0.223 e. The molecule has 0 aromatic heterocycles. The van der Waals surface area contributed by atoms with Crippen LogP contribution in [0.4, 0.5) is 0 Å². The van der Waals surface area contributed by atoms with Gasteiger partial charge in [-0.1, -0.05) is 38.1 Å². The minimum absolute atomic E-state index is 0.0190. The van der Waals surface area contributed by atoms with Gasteiger partial charge in [0.2, 0.25) is 11.8 Å². The van der Waals surface area contributed by atoms with Crippen LogP contribution in [0, 0.1) is 5.92 Å². The van der Waals surface area contributed by atoms with E-state index in [0.29, 0.717) is 19.6 Å². The van der Waals surface area contributed by atoms with Gasteiger partial charge in [-0.05, 0) is 37.1 Å². The van der Waals surface area contributed by atoms with Crippen molar-refractivity contribution in [3.63, 3.8) is 0 Å². The van der Waals surface area contributed by atoms with Crippen molar-refractivity contribution in [1.82, 2.24) is 15.1 Å². The van der Waals surface area contributed by atoms with E-state index >= 15 is 0 Å². The molecule has 138 valence electrons. The number of carbonyl (C=O) groups is 2. The van der Waals surface area contributed by atoms with E-state index in [2.05, 4.69) is 42.3 Å². The zero-order valence-corrected chi connectivity index (χ0v) is 15.8. The first-order chi connectivity index (χ1) is 12.0. The fourth-order valence-corrected chi connectivity index (χ4v) is 3.36. The molecule has 0 saturated carbocycles. The average Bonchev–Trinajstić information content (AvgIpc) is 2.65. The van der Waals surface area contributed by atoms with E-state index in [-0.39, 0.29) is 17.7 Å². The maximum Gasteiger partial charge on any atom is 0.223 e. The first-order valence-corrected chi connectivity index (χ1v) is 9.37. The number of carbonyl (C=O) groups excluding carboxylic acids is 2. The molecule has 5 heteroatoms. The Bertz CT molecular complexity index is 576. The summed E-state index contributed by atoms with van der Waals surface area (Å²) in [5.74, 6) is 0.232. The third kappa shape index (κ3) is 5.56. The highest BCUT2D eigenvalue weighted by atomic mass is 16.2. The number of rotatable bonds is 7. The van der Waals surface area contributed by atoms with Crippen LogP contribution in [0.25, 0.3) is 0 Å². The van der Waals surface area contributed by atoms with Gasteiger partial charge >= 0.3 is 0 Å². The highest BCUT2D eigenvalue weighted by Gasteiger charge is 2.25. The molecule has 1 aromatic rings. The number of hydrogen-bond donors (Lipinski definition) is 1. The highest BCUT2D eigenvalue weighted by Crippen LogP contribution is 2.18. The Morgan fingerprint density at radius 1 is 1.12 bits per heavy atom. The summed E-state index contributed by atoms with van der Waals surface area (Å²) in [5, 5.41) is 3.10. The van der Waals surface area contributed by atoms with Gasteiger partial charge in [0, 0.05) is 39.0 Å². The molecule has 0 unspecified atom stereocenters. The minimum Gasteiger partial charge on any atom is -0.352 e. The molecule has 5 nitrogen and oxygen atoms in total. The van der Waals surface area contributed by atoms with E-state index < -0.39 is 0 Å². The normalized spacial score (nSPS) is 15.4. The second-order valence-electron chi connectivity index (χ2n) is 6.73. The lowest BCUT2D eigenvalue weighted by Gasteiger charge is -2.30. The number of benzene rings is 1. The molecule has 1 aliphatic heterocycles. The van der Waals surface area contributed by atoms with E-state index in [1.807, 2.05) is 11.0 Å². The second-order valence-corrected chi connectivity index (χ2v) is 6.73. The molecular formula is C20H31N3O2. The van der Waals surface area contributed by atoms with Crippen LogP contribution in [0.5, 0.6) is 0 Å². The molecule has 0 bridgehead atoms. The van der Waals surface area contributed by atoms with Crippen molar-refractivity contribution in [3.8, 4) is 0 Å². The SMILES string of the molecule is CCN(CC)Cc1ccccc1CNC(=O)C1CCN(C(C)=O)CC1. The van der Waals surface area contributed by atoms with Crippen molar-refractivity contribution in [3.05, 3.63) is 35.4 Å². The van der Waals surface area contributed by atoms with E-state index in [4.69, 9.17) is 0 Å². The molecule has 25 heavy (non-hydrogen) atoms. The van der Waals surface area contributed by atoms with Crippen molar-refractivity contribution < 1.29 is 9.59 Å². The molecule has 2 rings (SSSR count). The van der Waals surface area contributed by atoms with Crippen molar-refractivity contribution in [2.45, 2.75) is 46.7 Å². The van der Waals surface area contributed by atoms with Gasteiger partial charge in [-0.25, -0.2) is 0 Å².